The fourth-order valence-corrected chi connectivity index (χ4v) is 1.82. The molecule has 1 N–H and O–H groups in total. The van der Waals surface area contributed by atoms with Crippen LogP contribution in [0.3, 0.4) is 0 Å². The summed E-state index contributed by atoms with van der Waals surface area (Å²) >= 11 is 0. The largest absolute Gasteiger partial charge is 0.339 e. The molecule has 0 bridgehead atoms. The van der Waals surface area contributed by atoms with Crippen LogP contribution < -0.4 is 5.32 Å². The Balaban J connectivity index is 2.06. The average molecular weight is 212 g/mol. The quantitative estimate of drug-likeness (QED) is 0.622. The van der Waals surface area contributed by atoms with Gasteiger partial charge in [0, 0.05) is 12.6 Å². The molecule has 1 amide bonds. The first-order chi connectivity index (χ1) is 7.29. The molecular formula is C12H24N2O. The van der Waals surface area contributed by atoms with E-state index in [1.165, 1.54) is 32.1 Å². The lowest BCUT2D eigenvalue weighted by atomic mass is 10.2. The highest BCUT2D eigenvalue weighted by Gasteiger charge is 2.30. The second-order valence-electron chi connectivity index (χ2n) is 4.29. The van der Waals surface area contributed by atoms with Gasteiger partial charge in [-0.3, -0.25) is 4.79 Å². The lowest BCUT2D eigenvalue weighted by Crippen LogP contribution is -2.39. The molecule has 0 aromatic rings. The Bertz CT molecular complexity index is 190. The van der Waals surface area contributed by atoms with E-state index in [1.54, 1.807) is 0 Å². The zero-order chi connectivity index (χ0) is 11.1. The summed E-state index contributed by atoms with van der Waals surface area (Å²) in [6, 6.07) is 0.556. The van der Waals surface area contributed by atoms with E-state index in [-0.39, 0.29) is 5.91 Å². The summed E-state index contributed by atoms with van der Waals surface area (Å²) in [6.45, 7) is 6.61. The average Bonchev–Trinajstić information content (AvgIpc) is 3.03. The molecule has 1 aliphatic carbocycles. The number of nitrogens with one attached hydrogen (secondary N) is 1. The van der Waals surface area contributed by atoms with Gasteiger partial charge in [-0.25, -0.2) is 0 Å². The lowest BCUT2D eigenvalue weighted by Gasteiger charge is -2.20. The van der Waals surface area contributed by atoms with Crippen molar-refractivity contribution >= 4 is 5.91 Å². The van der Waals surface area contributed by atoms with Gasteiger partial charge in [0.15, 0.2) is 0 Å². The van der Waals surface area contributed by atoms with E-state index in [1.807, 2.05) is 4.90 Å². The molecule has 0 aromatic carbocycles. The third-order valence-electron chi connectivity index (χ3n) is 2.88. The summed E-state index contributed by atoms with van der Waals surface area (Å²) in [5.41, 5.74) is 0. The molecule has 3 nitrogen and oxygen atoms in total. The molecule has 1 aliphatic rings. The van der Waals surface area contributed by atoms with E-state index < -0.39 is 0 Å². The second kappa shape index (κ2) is 6.83. The Morgan fingerprint density at radius 3 is 2.60 bits per heavy atom. The Morgan fingerprint density at radius 1 is 1.33 bits per heavy atom. The Morgan fingerprint density at radius 2 is 2.07 bits per heavy atom. The predicted molar refractivity (Wildman–Crippen MR) is 62.8 cm³/mol. The van der Waals surface area contributed by atoms with Crippen LogP contribution in [0.2, 0.25) is 0 Å². The maximum atomic E-state index is 11.8. The first-order valence-corrected chi connectivity index (χ1v) is 6.29. The second-order valence-corrected chi connectivity index (χ2v) is 4.29. The van der Waals surface area contributed by atoms with Crippen LogP contribution in [0.1, 0.15) is 46.0 Å². The summed E-state index contributed by atoms with van der Waals surface area (Å²) in [4.78, 5) is 13.8. The number of unbranched alkanes of at least 4 members (excludes halogenated alkanes) is 2. The minimum Gasteiger partial charge on any atom is -0.339 e. The van der Waals surface area contributed by atoms with E-state index in [2.05, 4.69) is 19.2 Å². The van der Waals surface area contributed by atoms with Gasteiger partial charge in [0.25, 0.3) is 0 Å². The summed E-state index contributed by atoms with van der Waals surface area (Å²) in [6.07, 6.45) is 6.07. The van der Waals surface area contributed by atoms with Crippen molar-refractivity contribution < 1.29 is 4.79 Å². The first-order valence-electron chi connectivity index (χ1n) is 6.29. The van der Waals surface area contributed by atoms with Gasteiger partial charge in [0.05, 0.1) is 6.54 Å². The van der Waals surface area contributed by atoms with E-state index in [4.69, 9.17) is 0 Å². The molecule has 0 aliphatic heterocycles. The number of rotatable bonds is 8. The van der Waals surface area contributed by atoms with Gasteiger partial charge in [0.1, 0.15) is 0 Å². The summed E-state index contributed by atoms with van der Waals surface area (Å²) in [7, 11) is 0. The third kappa shape index (κ3) is 4.65. The maximum Gasteiger partial charge on any atom is 0.236 e. The molecule has 3 heteroatoms. The van der Waals surface area contributed by atoms with Crippen LogP contribution >= 0.6 is 0 Å². The highest BCUT2D eigenvalue weighted by Crippen LogP contribution is 2.26. The molecule has 1 rings (SSSR count). The topological polar surface area (TPSA) is 32.3 Å². The van der Waals surface area contributed by atoms with Crippen LogP contribution in [-0.2, 0) is 4.79 Å². The van der Waals surface area contributed by atoms with Crippen molar-refractivity contribution in [2.45, 2.75) is 52.0 Å². The molecule has 0 unspecified atom stereocenters. The van der Waals surface area contributed by atoms with Gasteiger partial charge in [-0.15, -0.1) is 0 Å². The number of hydrogen-bond acceptors (Lipinski definition) is 2. The standard InChI is InChI=1S/C12H24N2O/c1-3-5-6-9-13-10-12(15)14(4-2)11-7-8-11/h11,13H,3-10H2,1-2H3. The van der Waals surface area contributed by atoms with Gasteiger partial charge >= 0.3 is 0 Å². The van der Waals surface area contributed by atoms with Crippen LogP contribution in [0.5, 0.6) is 0 Å². The molecule has 0 atom stereocenters. The van der Waals surface area contributed by atoms with E-state index in [0.29, 0.717) is 12.6 Å². The highest BCUT2D eigenvalue weighted by atomic mass is 16.2. The SMILES string of the molecule is CCCCCNCC(=O)N(CC)C1CC1. The highest BCUT2D eigenvalue weighted by molar-refractivity contribution is 5.78. The van der Waals surface area contributed by atoms with Crippen LogP contribution in [0.15, 0.2) is 0 Å². The Hall–Kier alpha value is -0.570. The fraction of sp³-hybridized carbons (Fsp3) is 0.917. The molecule has 88 valence electrons. The predicted octanol–water partition coefficient (Wildman–Crippen LogP) is 1.78. The number of nitrogens with zero attached hydrogens (tertiary/aromatic N) is 1. The van der Waals surface area contributed by atoms with Crippen molar-refractivity contribution in [1.29, 1.82) is 0 Å². The molecule has 15 heavy (non-hydrogen) atoms. The normalized spacial score (nSPS) is 15.3. The molecular weight excluding hydrogens is 188 g/mol. The van der Waals surface area contributed by atoms with Crippen molar-refractivity contribution in [1.82, 2.24) is 10.2 Å². The molecule has 0 spiro atoms. The molecule has 1 fully saturated rings. The minimum absolute atomic E-state index is 0.275. The van der Waals surface area contributed by atoms with Gasteiger partial charge in [-0.05, 0) is 32.7 Å². The van der Waals surface area contributed by atoms with Gasteiger partial charge in [-0.1, -0.05) is 19.8 Å². The van der Waals surface area contributed by atoms with Crippen LogP contribution in [-0.4, -0.2) is 36.5 Å². The number of hydrogen-bond donors (Lipinski definition) is 1. The smallest absolute Gasteiger partial charge is 0.236 e. The van der Waals surface area contributed by atoms with E-state index in [9.17, 15) is 4.79 Å². The first kappa shape index (κ1) is 12.5. The van der Waals surface area contributed by atoms with Crippen molar-refractivity contribution in [2.24, 2.45) is 0 Å². The van der Waals surface area contributed by atoms with Crippen molar-refractivity contribution in [3.8, 4) is 0 Å². The molecule has 0 heterocycles. The zero-order valence-corrected chi connectivity index (χ0v) is 10.1. The summed E-state index contributed by atoms with van der Waals surface area (Å²) < 4.78 is 0. The van der Waals surface area contributed by atoms with Crippen molar-refractivity contribution in [2.75, 3.05) is 19.6 Å². The van der Waals surface area contributed by atoms with E-state index >= 15 is 0 Å². The Labute approximate surface area is 93.2 Å². The molecule has 0 saturated heterocycles. The monoisotopic (exact) mass is 212 g/mol. The lowest BCUT2D eigenvalue weighted by molar-refractivity contribution is -0.130. The van der Waals surface area contributed by atoms with Gasteiger partial charge in [0.2, 0.25) is 5.91 Å². The maximum absolute atomic E-state index is 11.8. The van der Waals surface area contributed by atoms with Crippen LogP contribution in [0, 0.1) is 0 Å². The van der Waals surface area contributed by atoms with Crippen molar-refractivity contribution in [3.63, 3.8) is 0 Å². The van der Waals surface area contributed by atoms with Crippen LogP contribution in [0.4, 0.5) is 0 Å². The minimum atomic E-state index is 0.275. The van der Waals surface area contributed by atoms with Crippen LogP contribution in [0.25, 0.3) is 0 Å². The zero-order valence-electron chi connectivity index (χ0n) is 10.1. The van der Waals surface area contributed by atoms with Gasteiger partial charge < -0.3 is 10.2 Å². The number of carbonyl (C=O) groups excluding carboxylic acids is 1. The van der Waals surface area contributed by atoms with Gasteiger partial charge in [-0.2, -0.15) is 0 Å². The Kier molecular flexibility index (Phi) is 5.69. The molecule has 0 aromatic heterocycles. The summed E-state index contributed by atoms with van der Waals surface area (Å²) in [5, 5.41) is 3.23. The number of likely N-dealkylation sites (N-methyl/N-ethyl adjacent to an activating group) is 1. The fourth-order valence-electron chi connectivity index (χ4n) is 1.82. The van der Waals surface area contributed by atoms with E-state index in [0.717, 1.165) is 13.1 Å². The molecule has 1 saturated carbocycles. The van der Waals surface area contributed by atoms with Crippen molar-refractivity contribution in [3.05, 3.63) is 0 Å². The number of carbonyl (C=O) groups is 1. The number of amides is 1. The molecule has 0 radical (unpaired) electrons. The third-order valence-corrected chi connectivity index (χ3v) is 2.88. The summed E-state index contributed by atoms with van der Waals surface area (Å²) in [5.74, 6) is 0.275.